The van der Waals surface area contributed by atoms with E-state index in [4.69, 9.17) is 10.5 Å². The number of rotatable bonds is 7. The summed E-state index contributed by atoms with van der Waals surface area (Å²) in [6, 6.07) is 10.8. The minimum Gasteiger partial charge on any atom is -0.340 e. The number of benzene rings is 1. The van der Waals surface area contributed by atoms with Gasteiger partial charge in [0, 0.05) is 32.1 Å². The molecule has 27 heavy (non-hydrogen) atoms. The van der Waals surface area contributed by atoms with Gasteiger partial charge < -0.3 is 4.90 Å². The molecule has 1 amide bonds. The Morgan fingerprint density at radius 2 is 1.63 bits per heavy atom. The molecule has 1 aromatic carbocycles. The predicted molar refractivity (Wildman–Crippen MR) is 99.7 cm³/mol. The van der Waals surface area contributed by atoms with Gasteiger partial charge in [0.05, 0.1) is 29.9 Å². The van der Waals surface area contributed by atoms with Crippen molar-refractivity contribution < 1.29 is 13.2 Å². The van der Waals surface area contributed by atoms with Crippen LogP contribution in [0.3, 0.4) is 0 Å². The first kappa shape index (κ1) is 20.9. The lowest BCUT2D eigenvalue weighted by atomic mass is 9.96. The van der Waals surface area contributed by atoms with Crippen molar-refractivity contribution in [3.8, 4) is 12.1 Å². The molecule has 0 unspecified atom stereocenters. The molecule has 1 aliphatic heterocycles. The van der Waals surface area contributed by atoms with E-state index in [0.717, 1.165) is 5.56 Å². The van der Waals surface area contributed by atoms with Gasteiger partial charge in [0.1, 0.15) is 0 Å². The fourth-order valence-corrected chi connectivity index (χ4v) is 4.63. The van der Waals surface area contributed by atoms with Crippen LogP contribution < -0.4 is 0 Å². The van der Waals surface area contributed by atoms with Crippen LogP contribution in [0, 0.1) is 35.5 Å². The molecule has 0 aromatic heterocycles. The highest BCUT2D eigenvalue weighted by atomic mass is 32.2. The van der Waals surface area contributed by atoms with E-state index < -0.39 is 10.0 Å². The van der Waals surface area contributed by atoms with Crippen LogP contribution in [0.5, 0.6) is 0 Å². The topological polar surface area (TPSA) is 105 Å². The summed E-state index contributed by atoms with van der Waals surface area (Å²) < 4.78 is 26.9. The maximum Gasteiger partial charge on any atom is 0.243 e. The van der Waals surface area contributed by atoms with Crippen molar-refractivity contribution in [2.24, 2.45) is 5.92 Å². The third kappa shape index (κ3) is 5.29. The van der Waals surface area contributed by atoms with Crippen LogP contribution in [-0.2, 0) is 14.8 Å². The van der Waals surface area contributed by atoms with Crippen molar-refractivity contribution in [3.63, 3.8) is 0 Å². The summed E-state index contributed by atoms with van der Waals surface area (Å²) in [7, 11) is -3.55. The molecule has 7 nitrogen and oxygen atoms in total. The molecule has 1 heterocycles. The molecule has 0 saturated carbocycles. The van der Waals surface area contributed by atoms with Crippen molar-refractivity contribution in [2.75, 3.05) is 26.2 Å². The number of hydrogen-bond donors (Lipinski definition) is 0. The van der Waals surface area contributed by atoms with E-state index in [-0.39, 0.29) is 42.7 Å². The maximum absolute atomic E-state index is 12.8. The highest BCUT2D eigenvalue weighted by Gasteiger charge is 2.33. The second-order valence-electron chi connectivity index (χ2n) is 6.63. The quantitative estimate of drug-likeness (QED) is 0.711. The fourth-order valence-electron chi connectivity index (χ4n) is 3.16. The summed E-state index contributed by atoms with van der Waals surface area (Å²) >= 11 is 0. The van der Waals surface area contributed by atoms with Crippen LogP contribution in [0.15, 0.2) is 29.2 Å². The Bertz CT molecular complexity index is 811. The van der Waals surface area contributed by atoms with Crippen LogP contribution >= 0.6 is 0 Å². The smallest absolute Gasteiger partial charge is 0.243 e. The Kier molecular flexibility index (Phi) is 7.35. The van der Waals surface area contributed by atoms with Gasteiger partial charge in [-0.05, 0) is 31.9 Å². The molecule has 0 bridgehead atoms. The van der Waals surface area contributed by atoms with Crippen molar-refractivity contribution in [2.45, 2.75) is 37.5 Å². The van der Waals surface area contributed by atoms with Gasteiger partial charge in [-0.15, -0.1) is 0 Å². The first-order valence-corrected chi connectivity index (χ1v) is 10.4. The third-order valence-electron chi connectivity index (χ3n) is 4.76. The highest BCUT2D eigenvalue weighted by Crippen LogP contribution is 2.25. The van der Waals surface area contributed by atoms with Crippen LogP contribution in [-0.4, -0.2) is 49.7 Å². The van der Waals surface area contributed by atoms with E-state index in [9.17, 15) is 13.2 Å². The standard InChI is InChI=1S/C19H24N4O3S/c1-16-4-6-18(7-5-16)27(25,26)23-14-8-17(9-15-23)19(24)22(12-2-10-20)13-3-11-21/h4-7,17H,2-3,8-9,12-15H2,1H3. The van der Waals surface area contributed by atoms with Crippen molar-refractivity contribution >= 4 is 15.9 Å². The lowest BCUT2D eigenvalue weighted by molar-refractivity contribution is -0.136. The normalized spacial score (nSPS) is 15.7. The monoisotopic (exact) mass is 388 g/mol. The van der Waals surface area contributed by atoms with E-state index in [1.165, 1.54) is 4.31 Å². The minimum absolute atomic E-state index is 0.0899. The molecule has 0 spiro atoms. The zero-order valence-corrected chi connectivity index (χ0v) is 16.3. The van der Waals surface area contributed by atoms with Crippen LogP contribution in [0.1, 0.15) is 31.2 Å². The molecular weight excluding hydrogens is 364 g/mol. The lowest BCUT2D eigenvalue weighted by Gasteiger charge is -2.33. The van der Waals surface area contributed by atoms with Crippen LogP contribution in [0.25, 0.3) is 0 Å². The average molecular weight is 388 g/mol. The number of carbonyl (C=O) groups is 1. The third-order valence-corrected chi connectivity index (χ3v) is 6.67. The predicted octanol–water partition coefficient (Wildman–Crippen LogP) is 2.05. The Balaban J connectivity index is 2.00. The van der Waals surface area contributed by atoms with Gasteiger partial charge in [-0.25, -0.2) is 8.42 Å². The maximum atomic E-state index is 12.8. The molecule has 1 fully saturated rings. The average Bonchev–Trinajstić information content (AvgIpc) is 2.68. The van der Waals surface area contributed by atoms with Gasteiger partial charge >= 0.3 is 0 Å². The Morgan fingerprint density at radius 1 is 1.11 bits per heavy atom. The van der Waals surface area contributed by atoms with E-state index >= 15 is 0 Å². The summed E-state index contributed by atoms with van der Waals surface area (Å²) in [6.45, 7) is 3.09. The number of nitriles is 2. The molecule has 0 aliphatic carbocycles. The van der Waals surface area contributed by atoms with Crippen molar-refractivity contribution in [3.05, 3.63) is 29.8 Å². The number of nitrogens with zero attached hydrogens (tertiary/aromatic N) is 4. The SMILES string of the molecule is Cc1ccc(S(=O)(=O)N2CCC(C(=O)N(CCC#N)CCC#N)CC2)cc1. The molecule has 2 rings (SSSR count). The summed E-state index contributed by atoms with van der Waals surface area (Å²) in [4.78, 5) is 14.5. The van der Waals surface area contributed by atoms with Crippen LogP contribution in [0.2, 0.25) is 0 Å². The van der Waals surface area contributed by atoms with Gasteiger partial charge in [0.15, 0.2) is 0 Å². The summed E-state index contributed by atoms with van der Waals surface area (Å²) in [5.41, 5.74) is 0.994. The molecule has 1 saturated heterocycles. The minimum atomic E-state index is -3.55. The Labute approximate surface area is 160 Å². The van der Waals surface area contributed by atoms with E-state index in [1.807, 2.05) is 19.1 Å². The second-order valence-corrected chi connectivity index (χ2v) is 8.57. The molecular formula is C19H24N4O3S. The molecule has 8 heteroatoms. The molecule has 0 atom stereocenters. The highest BCUT2D eigenvalue weighted by molar-refractivity contribution is 7.89. The molecule has 0 radical (unpaired) electrons. The number of aryl methyl sites for hydroxylation is 1. The van der Waals surface area contributed by atoms with Crippen molar-refractivity contribution in [1.29, 1.82) is 10.5 Å². The first-order valence-electron chi connectivity index (χ1n) is 8.99. The van der Waals surface area contributed by atoms with Crippen molar-refractivity contribution in [1.82, 2.24) is 9.21 Å². The zero-order chi connectivity index (χ0) is 19.9. The number of carbonyl (C=O) groups excluding carboxylic acids is 1. The molecule has 1 aliphatic rings. The molecule has 0 N–H and O–H groups in total. The van der Waals surface area contributed by atoms with Gasteiger partial charge in [0.25, 0.3) is 0 Å². The van der Waals surface area contributed by atoms with Gasteiger partial charge in [-0.2, -0.15) is 14.8 Å². The first-order chi connectivity index (χ1) is 12.9. The van der Waals surface area contributed by atoms with Gasteiger partial charge in [0.2, 0.25) is 15.9 Å². The van der Waals surface area contributed by atoms with E-state index in [1.54, 1.807) is 29.2 Å². The number of sulfonamides is 1. The summed E-state index contributed by atoms with van der Waals surface area (Å²) in [6.07, 6.45) is 1.33. The summed E-state index contributed by atoms with van der Waals surface area (Å²) in [5, 5.41) is 17.5. The van der Waals surface area contributed by atoms with Gasteiger partial charge in [-0.3, -0.25) is 4.79 Å². The Morgan fingerprint density at radius 3 is 2.11 bits per heavy atom. The van der Waals surface area contributed by atoms with Gasteiger partial charge in [-0.1, -0.05) is 17.7 Å². The Hall–Kier alpha value is -2.42. The zero-order valence-electron chi connectivity index (χ0n) is 15.5. The number of piperidine rings is 1. The molecule has 144 valence electrons. The molecule has 1 aromatic rings. The summed E-state index contributed by atoms with van der Waals surface area (Å²) in [5.74, 6) is -0.361. The number of amides is 1. The lowest BCUT2D eigenvalue weighted by Crippen LogP contribution is -2.44. The fraction of sp³-hybridized carbons (Fsp3) is 0.526. The van der Waals surface area contributed by atoms with Crippen LogP contribution in [0.4, 0.5) is 0 Å². The van der Waals surface area contributed by atoms with E-state index in [0.29, 0.717) is 25.9 Å². The van der Waals surface area contributed by atoms with E-state index in [2.05, 4.69) is 0 Å². The second kappa shape index (κ2) is 9.50. The number of hydrogen-bond acceptors (Lipinski definition) is 5. The largest absolute Gasteiger partial charge is 0.340 e.